The molecule has 20 heavy (non-hydrogen) atoms. The minimum absolute atomic E-state index is 0.121. The van der Waals surface area contributed by atoms with E-state index >= 15 is 0 Å². The quantitative estimate of drug-likeness (QED) is 0.645. The van der Waals surface area contributed by atoms with Crippen LogP contribution in [0.3, 0.4) is 0 Å². The SMILES string of the molecule is Cc1nc(Cl)c(C=O)c(NCC2(CO)CCCCC2)n1. The molecule has 1 fully saturated rings. The maximum Gasteiger partial charge on any atom is 0.156 e. The number of aliphatic hydroxyl groups is 1. The van der Waals surface area contributed by atoms with Crippen LogP contribution in [0.25, 0.3) is 0 Å². The highest BCUT2D eigenvalue weighted by Crippen LogP contribution is 2.36. The molecule has 1 saturated carbocycles. The van der Waals surface area contributed by atoms with Gasteiger partial charge in [-0.25, -0.2) is 9.97 Å². The van der Waals surface area contributed by atoms with Gasteiger partial charge < -0.3 is 10.4 Å². The van der Waals surface area contributed by atoms with Crippen LogP contribution < -0.4 is 5.32 Å². The van der Waals surface area contributed by atoms with Crippen molar-refractivity contribution in [3.8, 4) is 0 Å². The highest BCUT2D eigenvalue weighted by molar-refractivity contribution is 6.32. The van der Waals surface area contributed by atoms with Gasteiger partial charge in [0.25, 0.3) is 0 Å². The average Bonchev–Trinajstić information content (AvgIpc) is 2.45. The van der Waals surface area contributed by atoms with Crippen molar-refractivity contribution in [2.24, 2.45) is 5.41 Å². The van der Waals surface area contributed by atoms with Crippen LogP contribution in [0.5, 0.6) is 0 Å². The molecule has 0 aromatic carbocycles. The smallest absolute Gasteiger partial charge is 0.156 e. The molecule has 0 atom stereocenters. The van der Waals surface area contributed by atoms with Gasteiger partial charge in [-0.05, 0) is 19.8 Å². The third-order valence-electron chi connectivity index (χ3n) is 4.01. The molecule has 6 heteroatoms. The van der Waals surface area contributed by atoms with Crippen LogP contribution in [0.4, 0.5) is 5.82 Å². The lowest BCUT2D eigenvalue weighted by Gasteiger charge is -2.36. The lowest BCUT2D eigenvalue weighted by molar-refractivity contribution is 0.0943. The summed E-state index contributed by atoms with van der Waals surface area (Å²) < 4.78 is 0. The Labute approximate surface area is 123 Å². The molecule has 1 aliphatic rings. The van der Waals surface area contributed by atoms with E-state index in [0.717, 1.165) is 25.7 Å². The number of halogens is 1. The minimum Gasteiger partial charge on any atom is -0.396 e. The van der Waals surface area contributed by atoms with Crippen LogP contribution in [0.15, 0.2) is 0 Å². The van der Waals surface area contributed by atoms with Gasteiger partial charge in [-0.2, -0.15) is 0 Å². The van der Waals surface area contributed by atoms with E-state index in [0.29, 0.717) is 24.5 Å². The predicted molar refractivity (Wildman–Crippen MR) is 78.3 cm³/mol. The summed E-state index contributed by atoms with van der Waals surface area (Å²) in [6, 6.07) is 0. The van der Waals surface area contributed by atoms with Crippen molar-refractivity contribution in [1.82, 2.24) is 9.97 Å². The fraction of sp³-hybridized carbons (Fsp3) is 0.643. The highest BCUT2D eigenvalue weighted by atomic mass is 35.5. The van der Waals surface area contributed by atoms with Crippen LogP contribution in [0.2, 0.25) is 5.15 Å². The fourth-order valence-electron chi connectivity index (χ4n) is 2.75. The summed E-state index contributed by atoms with van der Waals surface area (Å²) >= 11 is 5.95. The van der Waals surface area contributed by atoms with Crippen molar-refractivity contribution in [1.29, 1.82) is 0 Å². The summed E-state index contributed by atoms with van der Waals surface area (Å²) in [7, 11) is 0. The van der Waals surface area contributed by atoms with E-state index in [9.17, 15) is 9.90 Å². The van der Waals surface area contributed by atoms with Crippen molar-refractivity contribution in [3.63, 3.8) is 0 Å². The van der Waals surface area contributed by atoms with Gasteiger partial charge in [-0.1, -0.05) is 30.9 Å². The maximum atomic E-state index is 11.1. The Morgan fingerprint density at radius 1 is 1.35 bits per heavy atom. The molecule has 1 aliphatic carbocycles. The topological polar surface area (TPSA) is 75.1 Å². The Kier molecular flexibility index (Phi) is 4.94. The number of rotatable bonds is 5. The van der Waals surface area contributed by atoms with E-state index in [1.54, 1.807) is 6.92 Å². The normalized spacial score (nSPS) is 17.8. The largest absolute Gasteiger partial charge is 0.396 e. The van der Waals surface area contributed by atoms with E-state index < -0.39 is 0 Å². The number of aryl methyl sites for hydroxylation is 1. The van der Waals surface area contributed by atoms with Crippen LogP contribution in [-0.2, 0) is 0 Å². The monoisotopic (exact) mass is 297 g/mol. The van der Waals surface area contributed by atoms with Crippen LogP contribution in [-0.4, -0.2) is 34.5 Å². The van der Waals surface area contributed by atoms with Crippen molar-refractivity contribution in [2.45, 2.75) is 39.0 Å². The molecule has 1 heterocycles. The number of aliphatic hydroxyl groups excluding tert-OH is 1. The number of aromatic nitrogens is 2. The molecule has 0 unspecified atom stereocenters. The lowest BCUT2D eigenvalue weighted by Crippen LogP contribution is -2.36. The van der Waals surface area contributed by atoms with Crippen molar-refractivity contribution < 1.29 is 9.90 Å². The molecule has 0 spiro atoms. The molecule has 2 N–H and O–H groups in total. The molecule has 5 nitrogen and oxygen atoms in total. The van der Waals surface area contributed by atoms with Crippen molar-refractivity contribution in [2.75, 3.05) is 18.5 Å². The summed E-state index contributed by atoms with van der Waals surface area (Å²) in [5.74, 6) is 0.973. The van der Waals surface area contributed by atoms with Gasteiger partial charge >= 0.3 is 0 Å². The number of aldehydes is 1. The Balaban J connectivity index is 2.15. The Hall–Kier alpha value is -1.20. The van der Waals surface area contributed by atoms with Gasteiger partial charge in [0, 0.05) is 12.0 Å². The molecule has 2 rings (SSSR count). The molecule has 110 valence electrons. The molecule has 0 saturated heterocycles. The van der Waals surface area contributed by atoms with Gasteiger partial charge in [0.2, 0.25) is 0 Å². The molecule has 0 aliphatic heterocycles. The number of carbonyl (C=O) groups is 1. The number of anilines is 1. The van der Waals surface area contributed by atoms with Crippen molar-refractivity contribution >= 4 is 23.7 Å². The number of nitrogens with one attached hydrogen (secondary N) is 1. The second-order valence-corrected chi connectivity index (χ2v) is 5.87. The fourth-order valence-corrected chi connectivity index (χ4v) is 3.01. The summed E-state index contributed by atoms with van der Waals surface area (Å²) in [6.45, 7) is 2.47. The van der Waals surface area contributed by atoms with Gasteiger partial charge in [0.15, 0.2) is 6.29 Å². The van der Waals surface area contributed by atoms with E-state index in [1.807, 2.05) is 0 Å². The van der Waals surface area contributed by atoms with Crippen LogP contribution in [0, 0.1) is 12.3 Å². The number of nitrogens with zero attached hydrogens (tertiary/aromatic N) is 2. The van der Waals surface area contributed by atoms with E-state index in [4.69, 9.17) is 11.6 Å². The molecule has 1 aromatic heterocycles. The zero-order valence-electron chi connectivity index (χ0n) is 11.7. The third-order valence-corrected chi connectivity index (χ3v) is 4.30. The number of hydrogen-bond acceptors (Lipinski definition) is 5. The first kappa shape index (κ1) is 15.2. The minimum atomic E-state index is -0.121. The maximum absolute atomic E-state index is 11.1. The predicted octanol–water partition coefficient (Wildman–Crippen LogP) is 2.61. The van der Waals surface area contributed by atoms with Gasteiger partial charge in [0.1, 0.15) is 16.8 Å². The Morgan fingerprint density at radius 2 is 2.05 bits per heavy atom. The first-order valence-corrected chi connectivity index (χ1v) is 7.32. The second-order valence-electron chi connectivity index (χ2n) is 5.51. The first-order chi connectivity index (χ1) is 9.60. The summed E-state index contributed by atoms with van der Waals surface area (Å²) in [6.07, 6.45) is 6.13. The zero-order valence-corrected chi connectivity index (χ0v) is 12.4. The van der Waals surface area contributed by atoms with Crippen LogP contribution >= 0.6 is 11.6 Å². The Bertz CT molecular complexity index is 488. The molecular weight excluding hydrogens is 278 g/mol. The summed E-state index contributed by atoms with van der Waals surface area (Å²) in [5.41, 5.74) is 0.158. The molecule has 0 amide bonds. The third kappa shape index (κ3) is 3.27. The van der Waals surface area contributed by atoms with Gasteiger partial charge in [0.05, 0.1) is 12.2 Å². The second kappa shape index (κ2) is 6.50. The molecule has 1 aromatic rings. The van der Waals surface area contributed by atoms with Gasteiger partial charge in [-0.15, -0.1) is 0 Å². The lowest BCUT2D eigenvalue weighted by atomic mass is 9.74. The van der Waals surface area contributed by atoms with Crippen molar-refractivity contribution in [3.05, 3.63) is 16.5 Å². The number of carbonyl (C=O) groups excluding carboxylic acids is 1. The average molecular weight is 298 g/mol. The molecular formula is C14H20ClN3O2. The van der Waals surface area contributed by atoms with E-state index in [2.05, 4.69) is 15.3 Å². The zero-order chi connectivity index (χ0) is 14.6. The molecule has 0 radical (unpaired) electrons. The first-order valence-electron chi connectivity index (χ1n) is 6.94. The highest BCUT2D eigenvalue weighted by Gasteiger charge is 2.31. The number of hydrogen-bond donors (Lipinski definition) is 2. The van der Waals surface area contributed by atoms with E-state index in [1.165, 1.54) is 6.42 Å². The standard InChI is InChI=1S/C14H20ClN3O2/c1-10-17-12(15)11(7-19)13(18-10)16-8-14(9-20)5-3-2-4-6-14/h7,20H,2-6,8-9H2,1H3,(H,16,17,18). The van der Waals surface area contributed by atoms with E-state index in [-0.39, 0.29) is 22.7 Å². The van der Waals surface area contributed by atoms with Crippen LogP contribution in [0.1, 0.15) is 48.3 Å². The Morgan fingerprint density at radius 3 is 2.65 bits per heavy atom. The van der Waals surface area contributed by atoms with Gasteiger partial charge in [-0.3, -0.25) is 4.79 Å². The molecule has 0 bridgehead atoms. The summed E-state index contributed by atoms with van der Waals surface area (Å²) in [5, 5.41) is 13.0. The summed E-state index contributed by atoms with van der Waals surface area (Å²) in [4.78, 5) is 19.3.